The summed E-state index contributed by atoms with van der Waals surface area (Å²) < 4.78 is 17.3. The number of ether oxygens (including phenoxy) is 3. The van der Waals surface area contributed by atoms with Gasteiger partial charge in [0.25, 0.3) is 0 Å². The van der Waals surface area contributed by atoms with E-state index < -0.39 is 0 Å². The molecule has 128 valence electrons. The predicted molar refractivity (Wildman–Crippen MR) is 90.0 cm³/mol. The van der Waals surface area contributed by atoms with Crippen molar-refractivity contribution in [1.29, 1.82) is 0 Å². The van der Waals surface area contributed by atoms with Gasteiger partial charge in [0.1, 0.15) is 6.10 Å². The lowest BCUT2D eigenvalue weighted by Crippen LogP contribution is -2.26. The first-order chi connectivity index (χ1) is 10.3. The van der Waals surface area contributed by atoms with Gasteiger partial charge < -0.3 is 14.2 Å². The van der Waals surface area contributed by atoms with Crippen LogP contribution in [0.4, 0.5) is 0 Å². The highest BCUT2D eigenvalue weighted by atomic mass is 16.6. The second-order valence-electron chi connectivity index (χ2n) is 5.76. The van der Waals surface area contributed by atoms with E-state index in [-0.39, 0.29) is 6.10 Å². The van der Waals surface area contributed by atoms with Gasteiger partial charge in [-0.1, -0.05) is 59.3 Å². The Morgan fingerprint density at radius 1 is 0.571 bits per heavy atom. The van der Waals surface area contributed by atoms with E-state index in [1.54, 1.807) is 0 Å². The van der Waals surface area contributed by atoms with Crippen LogP contribution in [0.15, 0.2) is 0 Å². The van der Waals surface area contributed by atoms with Gasteiger partial charge in [0.2, 0.25) is 0 Å². The molecule has 0 aromatic rings. The molecule has 0 N–H and O–H groups in total. The van der Waals surface area contributed by atoms with Crippen molar-refractivity contribution in [1.82, 2.24) is 0 Å². The van der Waals surface area contributed by atoms with Gasteiger partial charge in [0, 0.05) is 19.8 Å². The minimum Gasteiger partial charge on any atom is -0.379 e. The van der Waals surface area contributed by atoms with Gasteiger partial charge in [-0.2, -0.15) is 0 Å². The molecule has 0 aromatic carbocycles. The smallest absolute Gasteiger partial charge is 0.104 e. The third-order valence-electron chi connectivity index (χ3n) is 3.49. The van der Waals surface area contributed by atoms with Gasteiger partial charge in [-0.25, -0.2) is 0 Å². The number of hydrogen-bond acceptors (Lipinski definition) is 3. The van der Waals surface area contributed by atoms with Crippen LogP contribution in [0.25, 0.3) is 0 Å². The molecule has 0 saturated carbocycles. The minimum absolute atomic E-state index is 0.102. The normalized spacial score (nSPS) is 12.7. The highest BCUT2D eigenvalue weighted by Crippen LogP contribution is 2.03. The average molecular weight is 302 g/mol. The third kappa shape index (κ3) is 16.1. The Morgan fingerprint density at radius 3 is 1.71 bits per heavy atom. The van der Waals surface area contributed by atoms with Crippen molar-refractivity contribution < 1.29 is 14.2 Å². The molecular weight excluding hydrogens is 264 g/mol. The van der Waals surface area contributed by atoms with E-state index in [0.29, 0.717) is 13.2 Å². The lowest BCUT2D eigenvalue weighted by molar-refractivity contribution is -0.0614. The molecule has 0 rings (SSSR count). The second-order valence-corrected chi connectivity index (χ2v) is 5.76. The Hall–Kier alpha value is -0.120. The van der Waals surface area contributed by atoms with Crippen molar-refractivity contribution in [3.05, 3.63) is 0 Å². The Kier molecular flexibility index (Phi) is 17.8. The molecule has 0 aliphatic heterocycles. The standard InChI is InChI=1S/C18H38O3/c1-4-7-10-12-14-20-17-18(16-19-13-9-6-3)21-15-11-8-5-2/h18H,4-17H2,1-3H3. The summed E-state index contributed by atoms with van der Waals surface area (Å²) in [5.74, 6) is 0. The first-order valence-corrected chi connectivity index (χ1v) is 9.12. The van der Waals surface area contributed by atoms with Crippen molar-refractivity contribution in [2.45, 2.75) is 84.7 Å². The van der Waals surface area contributed by atoms with E-state index in [9.17, 15) is 0 Å². The summed E-state index contributed by atoms with van der Waals surface area (Å²) in [5.41, 5.74) is 0. The SMILES string of the molecule is CCCCCCOCC(COCCCC)OCCCCC. The van der Waals surface area contributed by atoms with Crippen LogP contribution in [0.2, 0.25) is 0 Å². The number of hydrogen-bond donors (Lipinski definition) is 0. The Labute approximate surface area is 132 Å². The maximum atomic E-state index is 5.90. The van der Waals surface area contributed by atoms with E-state index in [2.05, 4.69) is 20.8 Å². The molecule has 0 aliphatic carbocycles. The van der Waals surface area contributed by atoms with Crippen LogP contribution in [0, 0.1) is 0 Å². The van der Waals surface area contributed by atoms with Gasteiger partial charge in [-0.05, 0) is 19.3 Å². The molecule has 0 radical (unpaired) electrons. The van der Waals surface area contributed by atoms with Crippen LogP contribution >= 0.6 is 0 Å². The fourth-order valence-electron chi connectivity index (χ4n) is 2.05. The van der Waals surface area contributed by atoms with Crippen molar-refractivity contribution in [3.63, 3.8) is 0 Å². The highest BCUT2D eigenvalue weighted by molar-refractivity contribution is 4.56. The predicted octanol–water partition coefficient (Wildman–Crippen LogP) is 4.98. The summed E-state index contributed by atoms with van der Waals surface area (Å²) in [6.07, 6.45) is 11.0. The van der Waals surface area contributed by atoms with Gasteiger partial charge in [-0.15, -0.1) is 0 Å². The fraction of sp³-hybridized carbons (Fsp3) is 1.00. The van der Waals surface area contributed by atoms with Crippen molar-refractivity contribution in [2.75, 3.05) is 33.0 Å². The molecule has 0 heterocycles. The minimum atomic E-state index is 0.102. The molecule has 0 aromatic heterocycles. The molecule has 3 heteroatoms. The quantitative estimate of drug-likeness (QED) is 0.355. The highest BCUT2D eigenvalue weighted by Gasteiger charge is 2.09. The van der Waals surface area contributed by atoms with Crippen molar-refractivity contribution in [2.24, 2.45) is 0 Å². The topological polar surface area (TPSA) is 27.7 Å². The summed E-state index contributed by atoms with van der Waals surface area (Å²) in [5, 5.41) is 0. The largest absolute Gasteiger partial charge is 0.379 e. The monoisotopic (exact) mass is 302 g/mol. The Bertz CT molecular complexity index is 173. The van der Waals surface area contributed by atoms with E-state index in [0.717, 1.165) is 39.1 Å². The van der Waals surface area contributed by atoms with Crippen LogP contribution in [0.1, 0.15) is 78.6 Å². The molecular formula is C18H38O3. The van der Waals surface area contributed by atoms with Gasteiger partial charge >= 0.3 is 0 Å². The van der Waals surface area contributed by atoms with Crippen LogP contribution in [-0.2, 0) is 14.2 Å². The van der Waals surface area contributed by atoms with Crippen LogP contribution in [0.3, 0.4) is 0 Å². The first-order valence-electron chi connectivity index (χ1n) is 9.12. The van der Waals surface area contributed by atoms with E-state index in [4.69, 9.17) is 14.2 Å². The molecule has 0 fully saturated rings. The molecule has 0 saturated heterocycles. The van der Waals surface area contributed by atoms with Gasteiger partial charge in [0.15, 0.2) is 0 Å². The van der Waals surface area contributed by atoms with Crippen LogP contribution < -0.4 is 0 Å². The maximum Gasteiger partial charge on any atom is 0.104 e. The maximum absolute atomic E-state index is 5.90. The van der Waals surface area contributed by atoms with Crippen LogP contribution in [0.5, 0.6) is 0 Å². The van der Waals surface area contributed by atoms with E-state index in [1.807, 2.05) is 0 Å². The second kappa shape index (κ2) is 17.9. The van der Waals surface area contributed by atoms with Crippen molar-refractivity contribution >= 4 is 0 Å². The molecule has 0 aliphatic rings. The molecule has 1 unspecified atom stereocenters. The summed E-state index contributed by atoms with van der Waals surface area (Å²) in [4.78, 5) is 0. The van der Waals surface area contributed by atoms with Gasteiger partial charge in [0.05, 0.1) is 13.2 Å². The zero-order chi connectivity index (χ0) is 15.6. The van der Waals surface area contributed by atoms with E-state index in [1.165, 1.54) is 38.5 Å². The van der Waals surface area contributed by atoms with Crippen molar-refractivity contribution in [3.8, 4) is 0 Å². The molecule has 0 bridgehead atoms. The molecule has 1 atom stereocenters. The zero-order valence-electron chi connectivity index (χ0n) is 14.7. The number of rotatable bonds is 17. The molecule has 21 heavy (non-hydrogen) atoms. The average Bonchev–Trinajstić information content (AvgIpc) is 2.50. The number of unbranched alkanes of at least 4 members (excludes halogenated alkanes) is 6. The molecule has 3 nitrogen and oxygen atoms in total. The molecule has 0 spiro atoms. The lowest BCUT2D eigenvalue weighted by atomic mass is 10.2. The first kappa shape index (κ1) is 20.9. The van der Waals surface area contributed by atoms with Gasteiger partial charge in [-0.3, -0.25) is 0 Å². The lowest BCUT2D eigenvalue weighted by Gasteiger charge is -2.18. The third-order valence-corrected chi connectivity index (χ3v) is 3.49. The van der Waals surface area contributed by atoms with E-state index >= 15 is 0 Å². The summed E-state index contributed by atoms with van der Waals surface area (Å²) in [7, 11) is 0. The molecule has 0 amide bonds. The summed E-state index contributed by atoms with van der Waals surface area (Å²) in [6, 6.07) is 0. The summed E-state index contributed by atoms with van der Waals surface area (Å²) >= 11 is 0. The summed E-state index contributed by atoms with van der Waals surface area (Å²) in [6.45, 7) is 10.5. The Morgan fingerprint density at radius 2 is 1.10 bits per heavy atom. The fourth-order valence-corrected chi connectivity index (χ4v) is 2.05. The Balaban J connectivity index is 3.67. The zero-order valence-corrected chi connectivity index (χ0v) is 14.7. The van der Waals surface area contributed by atoms with Crippen LogP contribution in [-0.4, -0.2) is 39.1 Å².